The van der Waals surface area contributed by atoms with E-state index in [-0.39, 0.29) is 17.3 Å². The number of piperidine rings is 1. The van der Waals surface area contributed by atoms with Crippen LogP contribution in [0.1, 0.15) is 41.5 Å². The minimum absolute atomic E-state index is 0.103. The summed E-state index contributed by atoms with van der Waals surface area (Å²) in [6.45, 7) is 7.12. The molecule has 8 heteroatoms. The lowest BCUT2D eigenvalue weighted by atomic mass is 10.0. The van der Waals surface area contributed by atoms with Gasteiger partial charge in [-0.3, -0.25) is 14.0 Å². The van der Waals surface area contributed by atoms with Gasteiger partial charge in [-0.05, 0) is 80.7 Å². The monoisotopic (exact) mass is 533 g/mol. The van der Waals surface area contributed by atoms with Crippen LogP contribution in [-0.4, -0.2) is 45.0 Å². The maximum Gasteiger partial charge on any atom is 0.264 e. The second-order valence-corrected chi connectivity index (χ2v) is 12.1. The number of nitrogens with zero attached hydrogens (tertiary/aromatic N) is 2. The first-order chi connectivity index (χ1) is 18.3. The van der Waals surface area contributed by atoms with Gasteiger partial charge in [0.1, 0.15) is 5.75 Å². The zero-order valence-electron chi connectivity index (χ0n) is 22.0. The molecule has 1 saturated heterocycles. The summed E-state index contributed by atoms with van der Waals surface area (Å²) in [6.07, 6.45) is 2.76. The van der Waals surface area contributed by atoms with Gasteiger partial charge in [-0.15, -0.1) is 0 Å². The summed E-state index contributed by atoms with van der Waals surface area (Å²) < 4.78 is 34.7. The van der Waals surface area contributed by atoms with Crippen LogP contribution in [0.15, 0.2) is 71.6 Å². The van der Waals surface area contributed by atoms with Crippen LogP contribution in [0.25, 0.3) is 0 Å². The lowest BCUT2D eigenvalue weighted by molar-refractivity contribution is -0.127. The summed E-state index contributed by atoms with van der Waals surface area (Å²) in [6, 6.07) is 20.3. The molecule has 3 aromatic carbocycles. The molecule has 200 valence electrons. The van der Waals surface area contributed by atoms with E-state index in [2.05, 4.69) is 16.3 Å². The number of likely N-dealkylation sites (tertiary alicyclic amines) is 1. The van der Waals surface area contributed by atoms with Gasteiger partial charge in [-0.1, -0.05) is 54.4 Å². The van der Waals surface area contributed by atoms with E-state index >= 15 is 0 Å². The Kier molecular flexibility index (Phi) is 7.72. The molecule has 7 nitrogen and oxygen atoms in total. The predicted octanol–water partition coefficient (Wildman–Crippen LogP) is 4.56. The minimum atomic E-state index is -3.90. The lowest BCUT2D eigenvalue weighted by Crippen LogP contribution is -2.50. The van der Waals surface area contributed by atoms with Crippen LogP contribution in [-0.2, 0) is 27.9 Å². The van der Waals surface area contributed by atoms with E-state index in [1.165, 1.54) is 29.1 Å². The maximum atomic E-state index is 13.7. The third-order valence-corrected chi connectivity index (χ3v) is 9.09. The molecule has 0 spiro atoms. The Labute approximate surface area is 225 Å². The molecule has 1 N–H and O–H groups in total. The number of fused-ring (bicyclic) bond motifs is 1. The van der Waals surface area contributed by atoms with Gasteiger partial charge in [-0.25, -0.2) is 8.42 Å². The van der Waals surface area contributed by atoms with Crippen molar-refractivity contribution in [3.63, 3.8) is 0 Å². The Morgan fingerprint density at radius 2 is 1.61 bits per heavy atom. The molecule has 2 aliphatic heterocycles. The van der Waals surface area contributed by atoms with E-state index in [9.17, 15) is 13.2 Å². The normalized spacial score (nSPS) is 17.9. The van der Waals surface area contributed by atoms with Crippen molar-refractivity contribution >= 4 is 21.6 Å². The number of carbonyl (C=O) groups is 1. The first kappa shape index (κ1) is 26.3. The number of benzene rings is 3. The number of anilines is 1. The molecule has 1 atom stereocenters. The van der Waals surface area contributed by atoms with Crippen LogP contribution in [0, 0.1) is 13.8 Å². The van der Waals surface area contributed by atoms with E-state index in [1.807, 2.05) is 38.1 Å². The van der Waals surface area contributed by atoms with Crippen molar-refractivity contribution < 1.29 is 17.9 Å². The highest BCUT2D eigenvalue weighted by Crippen LogP contribution is 2.37. The van der Waals surface area contributed by atoms with E-state index in [1.54, 1.807) is 36.4 Å². The van der Waals surface area contributed by atoms with Gasteiger partial charge in [-0.2, -0.15) is 0 Å². The van der Waals surface area contributed by atoms with Crippen LogP contribution < -0.4 is 14.4 Å². The fraction of sp³-hybridized carbons (Fsp3) is 0.367. The van der Waals surface area contributed by atoms with Gasteiger partial charge in [0.15, 0.2) is 6.10 Å². The highest BCUT2D eigenvalue weighted by Gasteiger charge is 2.37. The van der Waals surface area contributed by atoms with Crippen molar-refractivity contribution in [3.8, 4) is 5.75 Å². The van der Waals surface area contributed by atoms with Crippen molar-refractivity contribution in [2.45, 2.75) is 57.2 Å². The highest BCUT2D eigenvalue weighted by atomic mass is 32.2. The third kappa shape index (κ3) is 5.71. The Morgan fingerprint density at radius 3 is 2.34 bits per heavy atom. The standard InChI is InChI=1S/C30H35N3O4S/c1-22-10-13-26(14-11-22)38(35,36)33-21-29(37-28-15-12-23(2)18-27(28)33)30(34)31-19-24-8-4-5-9-25(24)20-32-16-6-3-7-17-32/h4-5,8-15,18,29H,3,6-7,16-17,19-21H2,1-2H3,(H,31,34). The average molecular weight is 534 g/mol. The molecular weight excluding hydrogens is 498 g/mol. The summed E-state index contributed by atoms with van der Waals surface area (Å²) in [5, 5.41) is 3.00. The average Bonchev–Trinajstić information content (AvgIpc) is 2.92. The molecule has 1 amide bonds. The molecule has 1 fully saturated rings. The first-order valence-corrected chi connectivity index (χ1v) is 14.7. The van der Waals surface area contributed by atoms with Crippen LogP contribution in [0.5, 0.6) is 5.75 Å². The third-order valence-electron chi connectivity index (χ3n) is 7.30. The van der Waals surface area contributed by atoms with Gasteiger partial charge >= 0.3 is 0 Å². The van der Waals surface area contributed by atoms with E-state index in [0.29, 0.717) is 18.0 Å². The Bertz CT molecular complexity index is 1400. The molecule has 2 heterocycles. The van der Waals surface area contributed by atoms with Crippen molar-refractivity contribution in [1.82, 2.24) is 10.2 Å². The molecule has 0 saturated carbocycles. The van der Waals surface area contributed by atoms with E-state index < -0.39 is 16.1 Å². The highest BCUT2D eigenvalue weighted by molar-refractivity contribution is 7.92. The summed E-state index contributed by atoms with van der Waals surface area (Å²) in [5.41, 5.74) is 4.58. The van der Waals surface area contributed by atoms with Crippen LogP contribution in [0.2, 0.25) is 0 Å². The van der Waals surface area contributed by atoms with Crippen LogP contribution in [0.4, 0.5) is 5.69 Å². The Balaban J connectivity index is 1.34. The fourth-order valence-electron chi connectivity index (χ4n) is 5.10. The molecule has 0 bridgehead atoms. The summed E-state index contributed by atoms with van der Waals surface area (Å²) in [5.74, 6) is 0.0382. The second kappa shape index (κ2) is 11.2. The molecule has 38 heavy (non-hydrogen) atoms. The molecule has 0 aromatic heterocycles. The van der Waals surface area contributed by atoms with Crippen LogP contribution >= 0.6 is 0 Å². The quantitative estimate of drug-likeness (QED) is 0.482. The number of ether oxygens (including phenoxy) is 1. The maximum absolute atomic E-state index is 13.7. The molecule has 2 aliphatic rings. The smallest absolute Gasteiger partial charge is 0.264 e. The van der Waals surface area contributed by atoms with E-state index in [4.69, 9.17) is 4.74 Å². The number of hydrogen-bond donors (Lipinski definition) is 1. The molecule has 0 radical (unpaired) electrons. The number of hydrogen-bond acceptors (Lipinski definition) is 5. The van der Waals surface area contributed by atoms with Crippen molar-refractivity contribution in [2.75, 3.05) is 23.9 Å². The zero-order valence-corrected chi connectivity index (χ0v) is 22.8. The van der Waals surface area contributed by atoms with Crippen molar-refractivity contribution in [2.24, 2.45) is 0 Å². The molecule has 1 unspecified atom stereocenters. The fourth-order valence-corrected chi connectivity index (χ4v) is 6.57. The molecule has 0 aliphatic carbocycles. The number of sulfonamides is 1. The number of nitrogens with one attached hydrogen (secondary N) is 1. The Hall–Kier alpha value is -3.36. The largest absolute Gasteiger partial charge is 0.476 e. The minimum Gasteiger partial charge on any atom is -0.476 e. The SMILES string of the molecule is Cc1ccc(S(=O)(=O)N2CC(C(=O)NCc3ccccc3CN3CCCCC3)Oc3ccc(C)cc32)cc1. The van der Waals surface area contributed by atoms with Gasteiger partial charge in [0.25, 0.3) is 15.9 Å². The summed E-state index contributed by atoms with van der Waals surface area (Å²) in [7, 11) is -3.90. The molecular formula is C30H35N3O4S. The van der Waals surface area contributed by atoms with Crippen LogP contribution in [0.3, 0.4) is 0 Å². The number of amides is 1. The zero-order chi connectivity index (χ0) is 26.7. The number of carbonyl (C=O) groups excluding carboxylic acids is 1. The van der Waals surface area contributed by atoms with Gasteiger partial charge < -0.3 is 10.1 Å². The number of rotatable bonds is 7. The second-order valence-electron chi connectivity index (χ2n) is 10.3. The lowest BCUT2D eigenvalue weighted by Gasteiger charge is -2.35. The van der Waals surface area contributed by atoms with Gasteiger partial charge in [0.05, 0.1) is 17.1 Å². The topological polar surface area (TPSA) is 79.0 Å². The summed E-state index contributed by atoms with van der Waals surface area (Å²) in [4.78, 5) is 16.0. The molecule has 3 aromatic rings. The van der Waals surface area contributed by atoms with Crippen molar-refractivity contribution in [1.29, 1.82) is 0 Å². The number of aryl methyl sites for hydroxylation is 2. The summed E-state index contributed by atoms with van der Waals surface area (Å²) >= 11 is 0. The Morgan fingerprint density at radius 1 is 0.921 bits per heavy atom. The van der Waals surface area contributed by atoms with E-state index in [0.717, 1.165) is 36.3 Å². The van der Waals surface area contributed by atoms with Gasteiger partial charge in [0, 0.05) is 13.1 Å². The molecule has 5 rings (SSSR count). The first-order valence-electron chi connectivity index (χ1n) is 13.2. The van der Waals surface area contributed by atoms with Gasteiger partial charge in [0.2, 0.25) is 0 Å². The predicted molar refractivity (Wildman–Crippen MR) is 149 cm³/mol. The van der Waals surface area contributed by atoms with Crippen molar-refractivity contribution in [3.05, 3.63) is 89.0 Å².